The van der Waals surface area contributed by atoms with E-state index in [1.54, 1.807) is 13.2 Å². The highest BCUT2D eigenvalue weighted by Gasteiger charge is 2.42. The number of ketones is 1. The zero-order chi connectivity index (χ0) is 33.2. The summed E-state index contributed by atoms with van der Waals surface area (Å²) in [5.41, 5.74) is 3.47. The Morgan fingerprint density at radius 2 is 2.02 bits per heavy atom. The van der Waals surface area contributed by atoms with E-state index in [0.717, 1.165) is 49.5 Å². The fourth-order valence-electron chi connectivity index (χ4n) is 7.71. The van der Waals surface area contributed by atoms with E-state index in [4.69, 9.17) is 25.8 Å². The zero-order valence-corrected chi connectivity index (χ0v) is 29.3. The van der Waals surface area contributed by atoms with Gasteiger partial charge in [-0.1, -0.05) is 50.1 Å². The van der Waals surface area contributed by atoms with Gasteiger partial charge in [0.15, 0.2) is 5.78 Å². The van der Waals surface area contributed by atoms with Gasteiger partial charge in [-0.15, -0.1) is 0 Å². The molecule has 0 aromatic heterocycles. The molecule has 0 N–H and O–H groups in total. The lowest BCUT2D eigenvalue weighted by atomic mass is 9.70. The Labute approximate surface area is 284 Å². The van der Waals surface area contributed by atoms with Gasteiger partial charge in [0.25, 0.3) is 5.91 Å². The van der Waals surface area contributed by atoms with Crippen LogP contribution in [0.25, 0.3) is 0 Å². The topological polar surface area (TPSA) is 94.5 Å². The molecule has 1 amide bonds. The van der Waals surface area contributed by atoms with Crippen LogP contribution < -0.4 is 9.64 Å². The molecule has 5 atom stereocenters. The summed E-state index contributed by atoms with van der Waals surface area (Å²) in [6.07, 6.45) is 9.24. The summed E-state index contributed by atoms with van der Waals surface area (Å²) in [5.74, 6) is 0.155. The molecule has 254 valence electrons. The van der Waals surface area contributed by atoms with E-state index in [-0.39, 0.29) is 46.6 Å². The fourth-order valence-corrected chi connectivity index (χ4v) is 9.91. The number of halogens is 1. The number of rotatable bonds is 5. The van der Waals surface area contributed by atoms with Gasteiger partial charge in [0.05, 0.1) is 53.0 Å². The van der Waals surface area contributed by atoms with Crippen molar-refractivity contribution in [3.05, 3.63) is 70.3 Å². The number of hydrogen-bond acceptors (Lipinski definition) is 7. The molecule has 2 aromatic rings. The molecule has 0 saturated carbocycles. The highest BCUT2D eigenvalue weighted by molar-refractivity contribution is 7.94. The van der Waals surface area contributed by atoms with Gasteiger partial charge in [-0.05, 0) is 85.4 Å². The van der Waals surface area contributed by atoms with Crippen LogP contribution in [-0.4, -0.2) is 73.5 Å². The van der Waals surface area contributed by atoms with Gasteiger partial charge in [0.1, 0.15) is 5.75 Å². The molecular formula is C37H47ClN2O6S. The third kappa shape index (κ3) is 7.33. The van der Waals surface area contributed by atoms with Gasteiger partial charge in [-0.3, -0.25) is 9.59 Å². The van der Waals surface area contributed by atoms with Gasteiger partial charge in [-0.25, -0.2) is 4.21 Å². The van der Waals surface area contributed by atoms with Crippen molar-refractivity contribution in [2.24, 2.45) is 22.1 Å². The summed E-state index contributed by atoms with van der Waals surface area (Å²) in [5, 5.41) is 0.744. The Bertz CT molecular complexity index is 1650. The summed E-state index contributed by atoms with van der Waals surface area (Å²) >= 11 is 6.45. The van der Waals surface area contributed by atoms with Crippen LogP contribution in [0.15, 0.2) is 52.9 Å². The van der Waals surface area contributed by atoms with E-state index in [1.807, 2.05) is 18.2 Å². The van der Waals surface area contributed by atoms with E-state index < -0.39 is 15.6 Å². The van der Waals surface area contributed by atoms with Crippen LogP contribution in [0, 0.1) is 17.8 Å². The van der Waals surface area contributed by atoms with Gasteiger partial charge in [-0.2, -0.15) is 4.36 Å². The second-order valence-corrected chi connectivity index (χ2v) is 16.7. The maximum Gasteiger partial charge on any atom is 0.285 e. The SMILES string of the molecule is CC[C@H]1CN2C[C@@]3(CCCc4cc(Cl)ccc43)COc3ccc(cc32)C(=O)N=[S@](=O)(CC(=O)C2COC2)CCC/C=C/[C@H](OC)[C@@H]1C. The number of amides is 1. The van der Waals surface area contributed by atoms with Crippen molar-refractivity contribution < 1.29 is 28.0 Å². The Kier molecular flexibility index (Phi) is 10.5. The fraction of sp³-hybridized carbons (Fsp3) is 0.568. The van der Waals surface area contributed by atoms with E-state index in [1.165, 1.54) is 11.1 Å². The molecule has 10 heteroatoms. The number of allylic oxidation sites excluding steroid dienone is 1. The third-order valence-electron chi connectivity index (χ3n) is 10.7. The summed E-state index contributed by atoms with van der Waals surface area (Å²) in [6.45, 7) is 7.12. The molecule has 3 aliphatic heterocycles. The molecule has 1 spiro atoms. The van der Waals surface area contributed by atoms with Gasteiger partial charge in [0, 0.05) is 42.0 Å². The van der Waals surface area contributed by atoms with Crippen LogP contribution >= 0.6 is 11.6 Å². The molecule has 8 nitrogen and oxygen atoms in total. The number of benzene rings is 2. The normalized spacial score (nSPS) is 30.8. The first kappa shape index (κ1) is 34.2. The Hall–Kier alpha value is -2.72. The van der Waals surface area contributed by atoms with Crippen LogP contribution in [0.3, 0.4) is 0 Å². The molecule has 2 aromatic carbocycles. The largest absolute Gasteiger partial charge is 0.490 e. The number of Topliss-reactive ketones (excluding diaryl/α,β-unsaturated/α-hetero) is 1. The minimum absolute atomic E-state index is 0.0933. The van der Waals surface area contributed by atoms with Crippen molar-refractivity contribution in [1.82, 2.24) is 0 Å². The Morgan fingerprint density at radius 3 is 2.77 bits per heavy atom. The highest BCUT2D eigenvalue weighted by atomic mass is 35.5. The molecule has 1 saturated heterocycles. The average Bonchev–Trinajstić information content (AvgIpc) is 3.16. The first-order valence-corrected chi connectivity index (χ1v) is 19.2. The molecule has 0 unspecified atom stereocenters. The molecule has 2 bridgehead atoms. The number of aryl methyl sites for hydroxylation is 1. The lowest BCUT2D eigenvalue weighted by Gasteiger charge is -2.42. The van der Waals surface area contributed by atoms with Gasteiger partial charge < -0.3 is 19.1 Å². The van der Waals surface area contributed by atoms with E-state index in [9.17, 15) is 13.8 Å². The summed E-state index contributed by atoms with van der Waals surface area (Å²) in [4.78, 5) is 29.1. The van der Waals surface area contributed by atoms with Crippen LogP contribution in [0.1, 0.15) is 67.4 Å². The van der Waals surface area contributed by atoms with E-state index in [2.05, 4.69) is 47.4 Å². The van der Waals surface area contributed by atoms with Gasteiger partial charge in [0.2, 0.25) is 0 Å². The second-order valence-electron chi connectivity index (χ2n) is 13.8. The Morgan fingerprint density at radius 1 is 1.19 bits per heavy atom. The Balaban J connectivity index is 1.44. The third-order valence-corrected chi connectivity index (χ3v) is 13.1. The number of anilines is 1. The molecule has 3 heterocycles. The summed E-state index contributed by atoms with van der Waals surface area (Å²) in [7, 11) is -1.38. The van der Waals surface area contributed by atoms with Crippen molar-refractivity contribution >= 4 is 38.7 Å². The minimum atomic E-state index is -3.13. The van der Waals surface area contributed by atoms with E-state index in [0.29, 0.717) is 44.0 Å². The number of ether oxygens (including phenoxy) is 3. The molecule has 47 heavy (non-hydrogen) atoms. The van der Waals surface area contributed by atoms with Crippen molar-refractivity contribution in [1.29, 1.82) is 0 Å². The predicted octanol–water partition coefficient (Wildman–Crippen LogP) is 6.66. The molecule has 6 rings (SSSR count). The highest BCUT2D eigenvalue weighted by Crippen LogP contribution is 2.45. The quantitative estimate of drug-likeness (QED) is 0.326. The summed E-state index contributed by atoms with van der Waals surface area (Å²) in [6, 6.07) is 11.6. The second kappa shape index (κ2) is 14.4. The molecule has 4 aliphatic rings. The number of carbonyl (C=O) groups excluding carboxylic acids is 2. The van der Waals surface area contributed by atoms with Crippen molar-refractivity contribution in [2.45, 2.75) is 63.9 Å². The van der Waals surface area contributed by atoms with Crippen LogP contribution in [-0.2, 0) is 35.8 Å². The number of hydrogen-bond donors (Lipinski definition) is 0. The maximum atomic E-state index is 14.2. The van der Waals surface area contributed by atoms with E-state index >= 15 is 0 Å². The number of carbonyl (C=O) groups is 2. The molecule has 1 aliphatic carbocycles. The van der Waals surface area contributed by atoms with Crippen molar-refractivity contribution in [3.8, 4) is 5.75 Å². The first-order valence-electron chi connectivity index (χ1n) is 17.0. The molecule has 0 radical (unpaired) electrons. The monoisotopic (exact) mass is 682 g/mol. The summed E-state index contributed by atoms with van der Waals surface area (Å²) < 4.78 is 36.4. The van der Waals surface area contributed by atoms with Crippen molar-refractivity contribution in [3.63, 3.8) is 0 Å². The van der Waals surface area contributed by atoms with Crippen LogP contribution in [0.2, 0.25) is 5.02 Å². The maximum absolute atomic E-state index is 14.2. The molecule has 1 fully saturated rings. The standard InChI is InChI=1S/C37H47ClN2O6S/c1-4-26-19-40-23-37(15-8-9-27-17-30(38)12-13-31(27)37)24-46-35-14-11-28(18-32(35)40)36(42)39-47(43,22-33(41)29-20-45-21-29)16-7-5-6-10-34(44-3)25(26)2/h6,10-14,17-18,25-26,29,34H,4-5,7-9,15-16,19-24H2,1-3H3/b10-6+/t25-,26+,34+,37+,47-/m1/s1. The zero-order valence-electron chi connectivity index (χ0n) is 27.8. The van der Waals surface area contributed by atoms with Gasteiger partial charge >= 0.3 is 0 Å². The number of nitrogens with zero attached hydrogens (tertiary/aromatic N) is 2. The van der Waals surface area contributed by atoms with Crippen LogP contribution in [0.5, 0.6) is 5.75 Å². The first-order chi connectivity index (χ1) is 22.6. The van der Waals surface area contributed by atoms with Crippen LogP contribution in [0.4, 0.5) is 5.69 Å². The number of fused-ring (bicyclic) bond motifs is 3. The minimum Gasteiger partial charge on any atom is -0.490 e. The average molecular weight is 683 g/mol. The smallest absolute Gasteiger partial charge is 0.285 e. The molecular weight excluding hydrogens is 636 g/mol. The predicted molar refractivity (Wildman–Crippen MR) is 186 cm³/mol. The van der Waals surface area contributed by atoms with Crippen molar-refractivity contribution in [2.75, 3.05) is 56.4 Å². The lowest BCUT2D eigenvalue weighted by molar-refractivity contribution is -0.133. The lowest BCUT2D eigenvalue weighted by Crippen LogP contribution is -2.47. The number of methoxy groups -OCH3 is 1.